The van der Waals surface area contributed by atoms with Crippen molar-refractivity contribution in [2.75, 3.05) is 13.1 Å². The van der Waals surface area contributed by atoms with E-state index in [1.807, 2.05) is 18.9 Å². The summed E-state index contributed by atoms with van der Waals surface area (Å²) < 4.78 is 1.81. The van der Waals surface area contributed by atoms with E-state index in [4.69, 9.17) is 11.6 Å². The summed E-state index contributed by atoms with van der Waals surface area (Å²) in [5.74, 6) is 0. The van der Waals surface area contributed by atoms with Crippen molar-refractivity contribution < 1.29 is 4.79 Å². The van der Waals surface area contributed by atoms with Gasteiger partial charge in [0, 0.05) is 19.1 Å². The highest BCUT2D eigenvalue weighted by Gasteiger charge is 2.30. The van der Waals surface area contributed by atoms with Crippen molar-refractivity contribution in [1.82, 2.24) is 29.8 Å². The first-order valence-electron chi connectivity index (χ1n) is 7.89. The van der Waals surface area contributed by atoms with Crippen molar-refractivity contribution >= 4 is 17.6 Å². The Morgan fingerprint density at radius 1 is 1.21 bits per heavy atom. The molecule has 0 saturated carbocycles. The van der Waals surface area contributed by atoms with E-state index in [1.54, 1.807) is 29.3 Å². The fraction of sp³-hybridized carbons (Fsp3) is 0.467. The van der Waals surface area contributed by atoms with Crippen LogP contribution in [0.4, 0.5) is 4.79 Å². The number of hydrogen-bond donors (Lipinski definition) is 0. The smallest absolute Gasteiger partial charge is 0.252 e. The number of tetrazole rings is 1. The lowest BCUT2D eigenvalue weighted by molar-refractivity contribution is 0.00976. The molecule has 1 aromatic carbocycles. The number of halogens is 1. The van der Waals surface area contributed by atoms with Crippen LogP contribution >= 0.6 is 11.6 Å². The normalized spacial score (nSPS) is 15.2. The van der Waals surface area contributed by atoms with Gasteiger partial charge in [-0.3, -0.25) is 5.01 Å². The molecule has 0 unspecified atom stereocenters. The Morgan fingerprint density at radius 3 is 2.50 bits per heavy atom. The summed E-state index contributed by atoms with van der Waals surface area (Å²) in [6.45, 7) is 5.38. The average Bonchev–Trinajstić information content (AvgIpc) is 3.18. The zero-order valence-corrected chi connectivity index (χ0v) is 14.3. The third-order valence-electron chi connectivity index (χ3n) is 3.92. The van der Waals surface area contributed by atoms with Gasteiger partial charge in [-0.25, -0.2) is 14.6 Å². The first-order valence-corrected chi connectivity index (χ1v) is 8.27. The minimum absolute atomic E-state index is 0.0898. The van der Waals surface area contributed by atoms with Crippen LogP contribution in [0, 0.1) is 0 Å². The number of carbonyl (C=O) groups excluding carboxylic acids is 1. The second kappa shape index (κ2) is 6.74. The van der Waals surface area contributed by atoms with Gasteiger partial charge >= 0.3 is 11.7 Å². The van der Waals surface area contributed by atoms with Crippen molar-refractivity contribution in [2.45, 2.75) is 32.7 Å². The SMILES string of the molecule is CC(C)N(C(=O)n1nnn(-c2ccccc2Cl)c1=O)N1CCCC1. The van der Waals surface area contributed by atoms with Gasteiger partial charge in [-0.1, -0.05) is 23.7 Å². The molecule has 8 nitrogen and oxygen atoms in total. The highest BCUT2D eigenvalue weighted by molar-refractivity contribution is 6.32. The number of nitrogens with zero attached hydrogens (tertiary/aromatic N) is 6. The molecule has 24 heavy (non-hydrogen) atoms. The van der Waals surface area contributed by atoms with Gasteiger partial charge in [0.25, 0.3) is 0 Å². The topological polar surface area (TPSA) is 76.3 Å². The Morgan fingerprint density at radius 2 is 1.88 bits per heavy atom. The highest BCUT2D eigenvalue weighted by Crippen LogP contribution is 2.17. The van der Waals surface area contributed by atoms with Crippen molar-refractivity contribution in [3.63, 3.8) is 0 Å². The van der Waals surface area contributed by atoms with Crippen LogP contribution in [0.5, 0.6) is 0 Å². The Bertz CT molecular complexity index is 793. The highest BCUT2D eigenvalue weighted by atomic mass is 35.5. The second-order valence-corrected chi connectivity index (χ2v) is 6.33. The summed E-state index contributed by atoms with van der Waals surface area (Å²) >= 11 is 6.10. The van der Waals surface area contributed by atoms with E-state index in [1.165, 1.54) is 0 Å². The Hall–Kier alpha value is -2.19. The molecule has 0 radical (unpaired) electrons. The summed E-state index contributed by atoms with van der Waals surface area (Å²) in [6.07, 6.45) is 2.05. The van der Waals surface area contributed by atoms with Crippen LogP contribution in [0.2, 0.25) is 5.02 Å². The van der Waals surface area contributed by atoms with Crippen LogP contribution in [0.3, 0.4) is 0 Å². The number of hydrazine groups is 1. The zero-order valence-electron chi connectivity index (χ0n) is 13.6. The van der Waals surface area contributed by atoms with E-state index >= 15 is 0 Å². The molecule has 1 amide bonds. The maximum atomic E-state index is 12.8. The lowest BCUT2D eigenvalue weighted by Crippen LogP contribution is -2.52. The molecule has 1 saturated heterocycles. The zero-order chi connectivity index (χ0) is 17.3. The molecule has 1 fully saturated rings. The molecule has 1 aliphatic heterocycles. The molecule has 2 heterocycles. The van der Waals surface area contributed by atoms with Gasteiger partial charge in [-0.15, -0.1) is 4.68 Å². The molecular formula is C15H19ClN6O2. The molecular weight excluding hydrogens is 332 g/mol. The number of aromatic nitrogens is 4. The number of carbonyl (C=O) groups is 1. The van der Waals surface area contributed by atoms with E-state index in [0.717, 1.165) is 35.3 Å². The fourth-order valence-corrected chi connectivity index (χ4v) is 3.04. The van der Waals surface area contributed by atoms with Crippen LogP contribution in [0.1, 0.15) is 26.7 Å². The van der Waals surface area contributed by atoms with Crippen LogP contribution < -0.4 is 5.69 Å². The van der Waals surface area contributed by atoms with Gasteiger partial charge in [0.2, 0.25) is 0 Å². The number of benzene rings is 1. The van der Waals surface area contributed by atoms with E-state index < -0.39 is 11.7 Å². The van der Waals surface area contributed by atoms with Crippen LogP contribution in [-0.4, -0.2) is 55.0 Å². The lowest BCUT2D eigenvalue weighted by atomic mass is 10.3. The van der Waals surface area contributed by atoms with E-state index in [9.17, 15) is 9.59 Å². The molecule has 0 atom stereocenters. The minimum Gasteiger partial charge on any atom is -0.252 e. The summed E-state index contributed by atoms with van der Waals surface area (Å²) in [5, 5.41) is 11.4. The number of para-hydroxylation sites is 1. The summed E-state index contributed by atoms with van der Waals surface area (Å²) in [5.41, 5.74) is -0.251. The molecule has 128 valence electrons. The fourth-order valence-electron chi connectivity index (χ4n) is 2.82. The van der Waals surface area contributed by atoms with E-state index in [-0.39, 0.29) is 6.04 Å². The first kappa shape index (κ1) is 16.7. The Kier molecular flexibility index (Phi) is 4.68. The molecule has 1 aliphatic rings. The third kappa shape index (κ3) is 2.94. The van der Waals surface area contributed by atoms with E-state index in [0.29, 0.717) is 10.7 Å². The summed E-state index contributed by atoms with van der Waals surface area (Å²) in [6, 6.07) is 6.19. The number of amides is 1. The minimum atomic E-state index is -0.641. The molecule has 3 rings (SSSR count). The van der Waals surface area contributed by atoms with Crippen molar-refractivity contribution in [2.24, 2.45) is 0 Å². The van der Waals surface area contributed by atoms with Crippen molar-refractivity contribution in [3.8, 4) is 5.69 Å². The predicted octanol–water partition coefficient (Wildman–Crippen LogP) is 1.77. The quantitative estimate of drug-likeness (QED) is 0.788. The molecule has 9 heteroatoms. The van der Waals surface area contributed by atoms with Crippen LogP contribution in [0.25, 0.3) is 5.69 Å². The van der Waals surface area contributed by atoms with Gasteiger partial charge in [-0.2, -0.15) is 4.68 Å². The maximum absolute atomic E-state index is 12.8. The van der Waals surface area contributed by atoms with Gasteiger partial charge in [-0.05, 0) is 49.2 Å². The molecule has 0 N–H and O–H groups in total. The maximum Gasteiger partial charge on any atom is 0.377 e. The Labute approximate surface area is 144 Å². The third-order valence-corrected chi connectivity index (χ3v) is 4.24. The number of rotatable bonds is 3. The molecule has 2 aromatic rings. The molecule has 0 aliphatic carbocycles. The second-order valence-electron chi connectivity index (χ2n) is 5.92. The largest absolute Gasteiger partial charge is 0.377 e. The molecule has 1 aromatic heterocycles. The summed E-state index contributed by atoms with van der Waals surface area (Å²) in [4.78, 5) is 25.4. The predicted molar refractivity (Wildman–Crippen MR) is 89.2 cm³/mol. The standard InChI is InChI=1S/C15H19ClN6O2/c1-11(2)22(19-9-5-6-10-19)15(24)21-14(23)20(17-18-21)13-8-4-3-7-12(13)16/h3-4,7-8,11H,5-6,9-10H2,1-2H3. The van der Waals surface area contributed by atoms with Gasteiger partial charge in [0.05, 0.1) is 10.7 Å². The molecule has 0 bridgehead atoms. The monoisotopic (exact) mass is 350 g/mol. The van der Waals surface area contributed by atoms with Gasteiger partial charge in [0.1, 0.15) is 0 Å². The Balaban J connectivity index is 1.96. The van der Waals surface area contributed by atoms with Crippen LogP contribution in [-0.2, 0) is 0 Å². The lowest BCUT2D eigenvalue weighted by Gasteiger charge is -2.33. The van der Waals surface area contributed by atoms with Crippen molar-refractivity contribution in [3.05, 3.63) is 39.8 Å². The summed E-state index contributed by atoms with van der Waals surface area (Å²) in [7, 11) is 0. The average molecular weight is 351 g/mol. The first-order chi connectivity index (χ1) is 11.5. The van der Waals surface area contributed by atoms with Crippen LogP contribution in [0.15, 0.2) is 29.1 Å². The van der Waals surface area contributed by atoms with Gasteiger partial charge in [0.15, 0.2) is 0 Å². The number of hydrogen-bond acceptors (Lipinski definition) is 5. The van der Waals surface area contributed by atoms with Gasteiger partial charge < -0.3 is 0 Å². The van der Waals surface area contributed by atoms with E-state index in [2.05, 4.69) is 10.4 Å². The molecule has 0 spiro atoms. The van der Waals surface area contributed by atoms with Crippen molar-refractivity contribution in [1.29, 1.82) is 0 Å².